The predicted molar refractivity (Wildman–Crippen MR) is 71.3 cm³/mol. The van der Waals surface area contributed by atoms with Crippen LogP contribution in [0.15, 0.2) is 0 Å². The van der Waals surface area contributed by atoms with E-state index in [0.29, 0.717) is 0 Å². The number of hydrogen-bond acceptors (Lipinski definition) is 1. The molecule has 0 heterocycles. The Morgan fingerprint density at radius 3 is 1.75 bits per heavy atom. The van der Waals surface area contributed by atoms with E-state index in [1.807, 2.05) is 6.92 Å². The molecule has 0 aliphatic rings. The summed E-state index contributed by atoms with van der Waals surface area (Å²) in [6.45, 7) is 1.87. The van der Waals surface area contributed by atoms with Gasteiger partial charge in [-0.15, -0.1) is 12.3 Å². The molecule has 0 bridgehead atoms. The monoisotopic (exact) mass is 224 g/mol. The quantitative estimate of drug-likeness (QED) is 0.410. The zero-order valence-corrected chi connectivity index (χ0v) is 10.9. The highest BCUT2D eigenvalue weighted by Crippen LogP contribution is 2.11. The van der Waals surface area contributed by atoms with E-state index in [2.05, 4.69) is 5.92 Å². The Kier molecular flexibility index (Phi) is 12.2. The number of unbranched alkanes of at least 4 members (excludes halogenated alkanes) is 9. The Morgan fingerprint density at radius 1 is 0.875 bits per heavy atom. The molecule has 0 rings (SSSR count). The summed E-state index contributed by atoms with van der Waals surface area (Å²) in [7, 11) is 0. The Hall–Kier alpha value is -0.480. The Balaban J connectivity index is 2.91. The minimum atomic E-state index is -0.115. The molecule has 1 nitrogen and oxygen atoms in total. The van der Waals surface area contributed by atoms with Gasteiger partial charge in [0.25, 0.3) is 0 Å². The fraction of sp³-hybridized carbons (Fsp3) is 0.867. The first-order valence-electron chi connectivity index (χ1n) is 6.89. The van der Waals surface area contributed by atoms with Crippen LogP contribution in [0.25, 0.3) is 0 Å². The van der Waals surface area contributed by atoms with Crippen molar-refractivity contribution >= 4 is 0 Å². The van der Waals surface area contributed by atoms with E-state index in [4.69, 9.17) is 11.5 Å². The molecule has 1 N–H and O–H groups in total. The zero-order valence-electron chi connectivity index (χ0n) is 10.9. The fourth-order valence-corrected chi connectivity index (χ4v) is 1.90. The average molecular weight is 224 g/mol. The van der Waals surface area contributed by atoms with Gasteiger partial charge in [0, 0.05) is 6.42 Å². The summed E-state index contributed by atoms with van der Waals surface area (Å²) in [4.78, 5) is 0. The summed E-state index contributed by atoms with van der Waals surface area (Å²) >= 11 is 0. The molecule has 16 heavy (non-hydrogen) atoms. The molecule has 0 fully saturated rings. The highest BCUT2D eigenvalue weighted by Gasteiger charge is 1.95. The van der Waals surface area contributed by atoms with Crippen molar-refractivity contribution in [2.75, 3.05) is 0 Å². The second-order valence-electron chi connectivity index (χ2n) is 4.77. The smallest absolute Gasteiger partial charge is 0.0512 e. The summed E-state index contributed by atoms with van der Waals surface area (Å²) in [5.74, 6) is 2.68. The van der Waals surface area contributed by atoms with Crippen LogP contribution in [0.4, 0.5) is 0 Å². The van der Waals surface area contributed by atoms with Crippen molar-refractivity contribution in [1.82, 2.24) is 0 Å². The lowest BCUT2D eigenvalue weighted by Crippen LogP contribution is -1.98. The van der Waals surface area contributed by atoms with Crippen molar-refractivity contribution in [2.45, 2.75) is 83.7 Å². The van der Waals surface area contributed by atoms with E-state index in [-0.39, 0.29) is 6.10 Å². The molecule has 0 aromatic heterocycles. The maximum absolute atomic E-state index is 9.08. The number of hydrogen-bond donors (Lipinski definition) is 1. The van der Waals surface area contributed by atoms with Crippen LogP contribution in [0.5, 0.6) is 0 Å². The molecule has 94 valence electrons. The summed E-state index contributed by atoms with van der Waals surface area (Å²) in [6.07, 6.45) is 18.7. The lowest BCUT2D eigenvalue weighted by molar-refractivity contribution is 0.180. The van der Waals surface area contributed by atoms with Crippen molar-refractivity contribution in [3.05, 3.63) is 0 Å². The molecule has 0 radical (unpaired) electrons. The first-order valence-corrected chi connectivity index (χ1v) is 6.89. The van der Waals surface area contributed by atoms with Gasteiger partial charge in [0.05, 0.1) is 6.10 Å². The summed E-state index contributed by atoms with van der Waals surface area (Å²) in [5, 5.41) is 9.08. The third kappa shape index (κ3) is 13.5. The first kappa shape index (κ1) is 15.5. The van der Waals surface area contributed by atoms with Crippen molar-refractivity contribution < 1.29 is 5.11 Å². The van der Waals surface area contributed by atoms with Crippen LogP contribution in [0.3, 0.4) is 0 Å². The molecule has 1 heteroatoms. The minimum Gasteiger partial charge on any atom is -0.393 e. The lowest BCUT2D eigenvalue weighted by atomic mass is 10.0. The molecule has 0 aliphatic carbocycles. The number of aliphatic hydroxyl groups excluding tert-OH is 1. The Labute approximate surface area is 102 Å². The van der Waals surface area contributed by atoms with Gasteiger partial charge in [-0.05, 0) is 19.8 Å². The van der Waals surface area contributed by atoms with Crippen molar-refractivity contribution in [3.63, 3.8) is 0 Å². The van der Waals surface area contributed by atoms with E-state index < -0.39 is 0 Å². The lowest BCUT2D eigenvalue weighted by Gasteiger charge is -2.04. The van der Waals surface area contributed by atoms with Crippen LogP contribution in [0.2, 0.25) is 0 Å². The zero-order chi connectivity index (χ0) is 12.1. The second kappa shape index (κ2) is 12.6. The maximum Gasteiger partial charge on any atom is 0.0512 e. The second-order valence-corrected chi connectivity index (χ2v) is 4.77. The molecular formula is C15H28O. The van der Waals surface area contributed by atoms with Gasteiger partial charge in [-0.25, -0.2) is 0 Å². The normalized spacial score (nSPS) is 12.3. The molecule has 0 aliphatic heterocycles. The number of aliphatic hydroxyl groups is 1. The van der Waals surface area contributed by atoms with E-state index in [1.165, 1.54) is 57.8 Å². The standard InChI is InChI=1S/C15H28O/c1-3-4-5-6-7-8-9-10-11-12-13-14-15(2)16/h1,15-16H,4-14H2,2H3. The largest absolute Gasteiger partial charge is 0.393 e. The molecule has 0 amide bonds. The Bertz CT molecular complexity index is 167. The van der Waals surface area contributed by atoms with Gasteiger partial charge in [0.1, 0.15) is 0 Å². The molecular weight excluding hydrogens is 196 g/mol. The third-order valence-electron chi connectivity index (χ3n) is 2.94. The van der Waals surface area contributed by atoms with Crippen molar-refractivity contribution in [3.8, 4) is 12.3 Å². The summed E-state index contributed by atoms with van der Waals surface area (Å²) in [6, 6.07) is 0. The fourth-order valence-electron chi connectivity index (χ4n) is 1.90. The molecule has 0 saturated carbocycles. The van der Waals surface area contributed by atoms with Crippen molar-refractivity contribution in [1.29, 1.82) is 0 Å². The van der Waals surface area contributed by atoms with Gasteiger partial charge in [-0.2, -0.15) is 0 Å². The predicted octanol–water partition coefficient (Wildman–Crippen LogP) is 4.29. The SMILES string of the molecule is C#CCCCCCCCCCCCC(C)O. The Morgan fingerprint density at radius 2 is 1.31 bits per heavy atom. The molecule has 0 aromatic rings. The molecule has 1 atom stereocenters. The summed E-state index contributed by atoms with van der Waals surface area (Å²) < 4.78 is 0. The third-order valence-corrected chi connectivity index (χ3v) is 2.94. The van der Waals surface area contributed by atoms with E-state index in [1.54, 1.807) is 0 Å². The van der Waals surface area contributed by atoms with Gasteiger partial charge in [-0.3, -0.25) is 0 Å². The molecule has 0 spiro atoms. The minimum absolute atomic E-state index is 0.115. The van der Waals surface area contributed by atoms with Gasteiger partial charge < -0.3 is 5.11 Å². The van der Waals surface area contributed by atoms with Crippen LogP contribution < -0.4 is 0 Å². The summed E-state index contributed by atoms with van der Waals surface area (Å²) in [5.41, 5.74) is 0. The molecule has 0 saturated heterocycles. The van der Waals surface area contributed by atoms with Crippen LogP contribution >= 0.6 is 0 Å². The average Bonchev–Trinajstić information content (AvgIpc) is 2.25. The van der Waals surface area contributed by atoms with E-state index in [0.717, 1.165) is 12.8 Å². The topological polar surface area (TPSA) is 20.2 Å². The van der Waals surface area contributed by atoms with Crippen molar-refractivity contribution in [2.24, 2.45) is 0 Å². The van der Waals surface area contributed by atoms with Crippen LogP contribution in [-0.2, 0) is 0 Å². The molecule has 0 aromatic carbocycles. The molecule has 1 unspecified atom stereocenters. The van der Waals surface area contributed by atoms with Gasteiger partial charge in [-0.1, -0.05) is 51.4 Å². The number of rotatable bonds is 11. The number of terminal acetylenes is 1. The van der Waals surface area contributed by atoms with Gasteiger partial charge in [0.15, 0.2) is 0 Å². The first-order chi connectivity index (χ1) is 7.77. The van der Waals surface area contributed by atoms with Crippen LogP contribution in [0, 0.1) is 12.3 Å². The van der Waals surface area contributed by atoms with Crippen LogP contribution in [0.1, 0.15) is 77.6 Å². The highest BCUT2D eigenvalue weighted by atomic mass is 16.3. The van der Waals surface area contributed by atoms with E-state index in [9.17, 15) is 0 Å². The van der Waals surface area contributed by atoms with Gasteiger partial charge >= 0.3 is 0 Å². The maximum atomic E-state index is 9.08. The highest BCUT2D eigenvalue weighted by molar-refractivity contribution is 4.82. The van der Waals surface area contributed by atoms with Crippen LogP contribution in [-0.4, -0.2) is 11.2 Å². The van der Waals surface area contributed by atoms with Gasteiger partial charge in [0.2, 0.25) is 0 Å². The van der Waals surface area contributed by atoms with E-state index >= 15 is 0 Å².